The molecule has 0 saturated carbocycles. The van der Waals surface area contributed by atoms with Crippen molar-refractivity contribution < 1.29 is 45.0 Å². The van der Waals surface area contributed by atoms with Gasteiger partial charge in [0.2, 0.25) is 0 Å². The van der Waals surface area contributed by atoms with Crippen molar-refractivity contribution in [2.75, 3.05) is 0 Å². The molecule has 0 rings (SSSR count). The summed E-state index contributed by atoms with van der Waals surface area (Å²) in [4.78, 5) is 25.7. The maximum atomic E-state index is 8.56. The molecule has 0 fully saturated rings. The van der Waals surface area contributed by atoms with E-state index in [1.165, 1.54) is 0 Å². The summed E-state index contributed by atoms with van der Waals surface area (Å²) in [6.07, 6.45) is -5.50. The Balaban J connectivity index is -0.0000000270. The van der Waals surface area contributed by atoms with Gasteiger partial charge in [-0.05, 0) is 0 Å². The van der Waals surface area contributed by atoms with Crippen molar-refractivity contribution in [2.45, 2.75) is 0 Å². The third kappa shape index (κ3) is 38200. The van der Waals surface area contributed by atoms with Crippen molar-refractivity contribution in [3.05, 3.63) is 0 Å². The van der Waals surface area contributed by atoms with Gasteiger partial charge in [-0.25, -0.2) is 14.4 Å². The molecular weight excluding hydrogens is 226 g/mol. The number of carboxylic acid groups (broad SMARTS) is 6. The second kappa shape index (κ2) is 23.0. The first kappa shape index (κ1) is 29.2. The first-order chi connectivity index (χ1) is 5.20. The summed E-state index contributed by atoms with van der Waals surface area (Å²) < 4.78 is 0. The molecule has 0 atom stereocenters. The first-order valence-electron chi connectivity index (χ1n) is 1.95. The monoisotopic (exact) mass is 234 g/mol. The van der Waals surface area contributed by atoms with Gasteiger partial charge in [0.15, 0.2) is 0 Å². The fraction of sp³-hybridized carbons (Fsp3) is 0. The molecule has 0 heterocycles. The molecular formula is C3H8Na2O9. The van der Waals surface area contributed by atoms with E-state index in [-0.39, 0.29) is 59.1 Å². The summed E-state index contributed by atoms with van der Waals surface area (Å²) in [6.45, 7) is 0. The molecule has 11 heteroatoms. The average molecular weight is 234 g/mol. The van der Waals surface area contributed by atoms with Gasteiger partial charge in [0.25, 0.3) is 0 Å². The van der Waals surface area contributed by atoms with Gasteiger partial charge in [-0.15, -0.1) is 0 Å². The van der Waals surface area contributed by atoms with Crippen molar-refractivity contribution in [1.82, 2.24) is 0 Å². The van der Waals surface area contributed by atoms with E-state index in [9.17, 15) is 0 Å². The standard InChI is InChI=1S/3CH2O3.2Na.2H/c3*2-1(3)4;;;;/h3*(H2,2,3,4);;;;. The predicted molar refractivity (Wildman–Crippen MR) is 46.3 cm³/mol. The van der Waals surface area contributed by atoms with Crippen LogP contribution in [0.2, 0.25) is 0 Å². The Hall–Kier alpha value is -0.190. The van der Waals surface area contributed by atoms with Gasteiger partial charge in [0.1, 0.15) is 0 Å². The molecule has 76 valence electrons. The number of hydrogen-bond donors (Lipinski definition) is 6. The Kier molecular flexibility index (Phi) is 48.0. The van der Waals surface area contributed by atoms with Gasteiger partial charge < -0.3 is 30.6 Å². The molecule has 6 N–H and O–H groups in total. The Morgan fingerprint density at radius 1 is 0.500 bits per heavy atom. The molecule has 0 aromatic carbocycles. The van der Waals surface area contributed by atoms with Crippen LogP contribution in [0.4, 0.5) is 14.4 Å². The summed E-state index contributed by atoms with van der Waals surface area (Å²) in [5.74, 6) is 0. The molecule has 14 heavy (non-hydrogen) atoms. The summed E-state index contributed by atoms with van der Waals surface area (Å²) in [5, 5.41) is 41.8. The first-order valence-corrected chi connectivity index (χ1v) is 1.95. The number of carbonyl (C=O) groups is 3. The van der Waals surface area contributed by atoms with E-state index in [0.29, 0.717) is 0 Å². The Morgan fingerprint density at radius 2 is 0.500 bits per heavy atom. The van der Waals surface area contributed by atoms with Crippen LogP contribution in [0.3, 0.4) is 0 Å². The van der Waals surface area contributed by atoms with Crippen molar-refractivity contribution in [3.63, 3.8) is 0 Å². The van der Waals surface area contributed by atoms with Crippen LogP contribution < -0.4 is 0 Å². The van der Waals surface area contributed by atoms with Crippen molar-refractivity contribution in [2.24, 2.45) is 0 Å². The second-order valence-electron chi connectivity index (χ2n) is 0.848. The van der Waals surface area contributed by atoms with E-state index in [4.69, 9.17) is 45.0 Å². The molecule has 0 aliphatic heterocycles. The topological polar surface area (TPSA) is 173 Å². The zero-order valence-corrected chi connectivity index (χ0v) is 5.41. The SMILES string of the molecule is O=C(O)O.O=C(O)O.O=C(O)O.[NaH].[NaH]. The third-order valence-electron chi connectivity index (χ3n) is 0. The Labute approximate surface area is 122 Å². The maximum absolute atomic E-state index is 8.56. The summed E-state index contributed by atoms with van der Waals surface area (Å²) in [5.41, 5.74) is 0. The van der Waals surface area contributed by atoms with Gasteiger partial charge >= 0.3 is 77.6 Å². The van der Waals surface area contributed by atoms with Crippen LogP contribution in [0.25, 0.3) is 0 Å². The quantitative estimate of drug-likeness (QED) is 0.298. The summed E-state index contributed by atoms with van der Waals surface area (Å²) >= 11 is 0. The van der Waals surface area contributed by atoms with Crippen LogP contribution in [-0.4, -0.2) is 108 Å². The number of rotatable bonds is 0. The summed E-state index contributed by atoms with van der Waals surface area (Å²) in [7, 11) is 0. The van der Waals surface area contributed by atoms with Crippen LogP contribution >= 0.6 is 0 Å². The van der Waals surface area contributed by atoms with Crippen molar-refractivity contribution >= 4 is 77.6 Å². The zero-order chi connectivity index (χ0) is 10.7. The molecule has 0 spiro atoms. The fourth-order valence-electron chi connectivity index (χ4n) is 0. The molecule has 0 aromatic heterocycles. The van der Waals surface area contributed by atoms with Crippen LogP contribution in [0.5, 0.6) is 0 Å². The molecule has 0 radical (unpaired) electrons. The average Bonchev–Trinajstić information content (AvgIpc) is 1.54. The van der Waals surface area contributed by atoms with E-state index >= 15 is 0 Å². The predicted octanol–water partition coefficient (Wildman–Crippen LogP) is -0.630. The molecule has 0 saturated heterocycles. The molecule has 0 aromatic rings. The van der Waals surface area contributed by atoms with Gasteiger partial charge in [-0.1, -0.05) is 0 Å². The van der Waals surface area contributed by atoms with E-state index in [2.05, 4.69) is 0 Å². The molecule has 0 bridgehead atoms. The Morgan fingerprint density at radius 3 is 0.500 bits per heavy atom. The van der Waals surface area contributed by atoms with Gasteiger partial charge in [0, 0.05) is 0 Å². The second-order valence-corrected chi connectivity index (χ2v) is 0.848. The number of hydrogen-bond acceptors (Lipinski definition) is 3. The fourth-order valence-corrected chi connectivity index (χ4v) is 0. The molecule has 9 nitrogen and oxygen atoms in total. The third-order valence-corrected chi connectivity index (χ3v) is 0. The minimum atomic E-state index is -1.83. The van der Waals surface area contributed by atoms with Crippen LogP contribution in [0, 0.1) is 0 Å². The summed E-state index contributed by atoms with van der Waals surface area (Å²) in [6, 6.07) is 0. The van der Waals surface area contributed by atoms with Gasteiger partial charge in [-0.2, -0.15) is 0 Å². The van der Waals surface area contributed by atoms with Crippen LogP contribution in [0.15, 0.2) is 0 Å². The van der Waals surface area contributed by atoms with E-state index in [1.54, 1.807) is 0 Å². The van der Waals surface area contributed by atoms with Crippen LogP contribution in [-0.2, 0) is 0 Å². The van der Waals surface area contributed by atoms with Gasteiger partial charge in [0.05, 0.1) is 0 Å². The van der Waals surface area contributed by atoms with Crippen LogP contribution in [0.1, 0.15) is 0 Å². The van der Waals surface area contributed by atoms with E-state index < -0.39 is 18.5 Å². The van der Waals surface area contributed by atoms with Gasteiger partial charge in [-0.3, -0.25) is 0 Å². The van der Waals surface area contributed by atoms with Crippen molar-refractivity contribution in [3.8, 4) is 0 Å². The molecule has 0 unspecified atom stereocenters. The minimum absolute atomic E-state index is 0. The molecule has 0 aliphatic carbocycles. The Bertz CT molecular complexity index is 116. The normalized spacial score (nSPS) is 5.14. The van der Waals surface area contributed by atoms with Crippen molar-refractivity contribution in [1.29, 1.82) is 0 Å². The molecule has 0 aliphatic rings. The van der Waals surface area contributed by atoms with E-state index in [0.717, 1.165) is 0 Å². The molecule has 0 amide bonds. The van der Waals surface area contributed by atoms with E-state index in [1.807, 2.05) is 0 Å². The zero-order valence-electron chi connectivity index (χ0n) is 5.41.